The van der Waals surface area contributed by atoms with Crippen LogP contribution in [0.2, 0.25) is 0 Å². The molecule has 7 heteroatoms. The molecule has 1 amide bonds. The molecule has 0 bridgehead atoms. The van der Waals surface area contributed by atoms with Crippen molar-refractivity contribution >= 4 is 37.5 Å². The lowest BCUT2D eigenvalue weighted by Crippen LogP contribution is -2.37. The number of hydrogen-bond donors (Lipinski definition) is 1. The van der Waals surface area contributed by atoms with E-state index in [2.05, 4.69) is 21.2 Å². The highest BCUT2D eigenvalue weighted by atomic mass is 79.9. The number of carbonyl (C=O) groups is 1. The van der Waals surface area contributed by atoms with Gasteiger partial charge in [0, 0.05) is 16.7 Å². The van der Waals surface area contributed by atoms with E-state index in [4.69, 9.17) is 0 Å². The van der Waals surface area contributed by atoms with Gasteiger partial charge in [-0.3, -0.25) is 4.79 Å². The summed E-state index contributed by atoms with van der Waals surface area (Å²) in [5, 5.41) is 2.82. The van der Waals surface area contributed by atoms with Gasteiger partial charge in [0.15, 0.2) is 0 Å². The Kier molecular flexibility index (Phi) is 6.37. The molecular weight excluding hydrogens is 404 g/mol. The number of hydrogen-bond acceptors (Lipinski definition) is 3. The number of aryl methyl sites for hydroxylation is 2. The van der Waals surface area contributed by atoms with Crippen molar-refractivity contribution in [1.29, 1.82) is 0 Å². The second-order valence-electron chi connectivity index (χ2n) is 5.97. The summed E-state index contributed by atoms with van der Waals surface area (Å²) in [5.41, 5.74) is 3.41. The third kappa shape index (κ3) is 5.66. The first-order chi connectivity index (χ1) is 11.7. The Morgan fingerprint density at radius 1 is 1.08 bits per heavy atom. The van der Waals surface area contributed by atoms with E-state index in [0.717, 1.165) is 33.1 Å². The van der Waals surface area contributed by atoms with E-state index in [1.165, 1.54) is 4.31 Å². The fraction of sp³-hybridized carbons (Fsp3) is 0.278. The molecule has 0 saturated carbocycles. The third-order valence-electron chi connectivity index (χ3n) is 3.81. The van der Waals surface area contributed by atoms with Crippen LogP contribution in [0.1, 0.15) is 16.7 Å². The highest BCUT2D eigenvalue weighted by Crippen LogP contribution is 2.20. The summed E-state index contributed by atoms with van der Waals surface area (Å²) in [7, 11) is -3.52. The first-order valence-electron chi connectivity index (χ1n) is 7.72. The molecule has 0 spiro atoms. The van der Waals surface area contributed by atoms with Crippen LogP contribution < -0.4 is 5.32 Å². The number of amides is 1. The van der Waals surface area contributed by atoms with Crippen LogP contribution >= 0.6 is 15.9 Å². The first kappa shape index (κ1) is 19.6. The van der Waals surface area contributed by atoms with Gasteiger partial charge >= 0.3 is 0 Å². The van der Waals surface area contributed by atoms with E-state index < -0.39 is 10.0 Å². The van der Waals surface area contributed by atoms with Crippen LogP contribution in [0, 0.1) is 13.8 Å². The Balaban J connectivity index is 2.14. The molecule has 0 radical (unpaired) electrons. The zero-order chi connectivity index (χ0) is 18.6. The predicted octanol–water partition coefficient (Wildman–Crippen LogP) is 3.47. The van der Waals surface area contributed by atoms with Gasteiger partial charge < -0.3 is 5.32 Å². The van der Waals surface area contributed by atoms with Gasteiger partial charge in [-0.25, -0.2) is 8.42 Å². The van der Waals surface area contributed by atoms with Gasteiger partial charge in [-0.05, 0) is 42.7 Å². The molecule has 1 N–H and O–H groups in total. The van der Waals surface area contributed by atoms with Crippen LogP contribution in [-0.2, 0) is 21.4 Å². The molecule has 0 unspecified atom stereocenters. The van der Waals surface area contributed by atoms with E-state index in [1.54, 1.807) is 0 Å². The summed E-state index contributed by atoms with van der Waals surface area (Å²) in [6.07, 6.45) is 1.11. The van der Waals surface area contributed by atoms with Crippen LogP contribution in [0.15, 0.2) is 46.9 Å². The number of benzene rings is 2. The normalized spacial score (nSPS) is 11.6. The van der Waals surface area contributed by atoms with Gasteiger partial charge in [-0.1, -0.05) is 46.3 Å². The molecule has 0 atom stereocenters. The Morgan fingerprint density at radius 2 is 1.64 bits per heavy atom. The number of para-hydroxylation sites is 1. The third-order valence-corrected chi connectivity index (χ3v) is 5.53. The van der Waals surface area contributed by atoms with E-state index in [1.807, 2.05) is 56.3 Å². The second-order valence-corrected chi connectivity index (χ2v) is 8.87. The van der Waals surface area contributed by atoms with E-state index >= 15 is 0 Å². The Hall–Kier alpha value is -1.70. The van der Waals surface area contributed by atoms with Crippen molar-refractivity contribution in [3.05, 3.63) is 63.6 Å². The van der Waals surface area contributed by atoms with Crippen molar-refractivity contribution in [2.45, 2.75) is 20.4 Å². The summed E-state index contributed by atoms with van der Waals surface area (Å²) in [4.78, 5) is 12.4. The van der Waals surface area contributed by atoms with Crippen LogP contribution in [0.3, 0.4) is 0 Å². The van der Waals surface area contributed by atoms with Crippen molar-refractivity contribution in [2.24, 2.45) is 0 Å². The van der Waals surface area contributed by atoms with Crippen molar-refractivity contribution in [1.82, 2.24) is 4.31 Å². The van der Waals surface area contributed by atoms with E-state index in [-0.39, 0.29) is 19.0 Å². The molecule has 0 aromatic heterocycles. The van der Waals surface area contributed by atoms with Crippen LogP contribution in [-0.4, -0.2) is 31.4 Å². The van der Waals surface area contributed by atoms with Crippen LogP contribution in [0.5, 0.6) is 0 Å². The lowest BCUT2D eigenvalue weighted by Gasteiger charge is -2.20. The highest BCUT2D eigenvalue weighted by Gasteiger charge is 2.21. The minimum absolute atomic E-state index is 0.145. The molecule has 25 heavy (non-hydrogen) atoms. The molecule has 0 aliphatic heterocycles. The zero-order valence-electron chi connectivity index (χ0n) is 14.4. The van der Waals surface area contributed by atoms with Crippen molar-refractivity contribution < 1.29 is 13.2 Å². The lowest BCUT2D eigenvalue weighted by atomic mass is 10.1. The molecule has 0 aliphatic rings. The van der Waals surface area contributed by atoms with Gasteiger partial charge in [-0.2, -0.15) is 4.31 Å². The van der Waals surface area contributed by atoms with E-state index in [9.17, 15) is 13.2 Å². The summed E-state index contributed by atoms with van der Waals surface area (Å²) in [6, 6.07) is 13.0. The molecule has 5 nitrogen and oxygen atoms in total. The highest BCUT2D eigenvalue weighted by molar-refractivity contribution is 9.10. The summed E-state index contributed by atoms with van der Waals surface area (Å²) < 4.78 is 26.2. The average Bonchev–Trinajstić information content (AvgIpc) is 2.51. The number of nitrogens with one attached hydrogen (secondary N) is 1. The average molecular weight is 425 g/mol. The van der Waals surface area contributed by atoms with Crippen molar-refractivity contribution in [3.63, 3.8) is 0 Å². The topological polar surface area (TPSA) is 66.5 Å². The van der Waals surface area contributed by atoms with Crippen molar-refractivity contribution in [3.8, 4) is 0 Å². The maximum Gasteiger partial charge on any atom is 0.239 e. The molecular formula is C18H21BrN2O3S. The Morgan fingerprint density at radius 3 is 2.16 bits per heavy atom. The Labute approximate surface area is 157 Å². The first-order valence-corrected chi connectivity index (χ1v) is 10.4. The zero-order valence-corrected chi connectivity index (χ0v) is 16.8. The maximum absolute atomic E-state index is 12.4. The van der Waals surface area contributed by atoms with E-state index in [0.29, 0.717) is 0 Å². The molecule has 2 aromatic carbocycles. The lowest BCUT2D eigenvalue weighted by molar-refractivity contribution is -0.116. The molecule has 0 aliphatic carbocycles. The monoisotopic (exact) mass is 424 g/mol. The maximum atomic E-state index is 12.4. The summed E-state index contributed by atoms with van der Waals surface area (Å²) in [5.74, 6) is -0.361. The number of rotatable bonds is 6. The van der Waals surface area contributed by atoms with Gasteiger partial charge in [-0.15, -0.1) is 0 Å². The summed E-state index contributed by atoms with van der Waals surface area (Å²) >= 11 is 3.35. The van der Waals surface area contributed by atoms with Gasteiger partial charge in [0.05, 0.1) is 12.8 Å². The smallest absolute Gasteiger partial charge is 0.239 e. The van der Waals surface area contributed by atoms with Gasteiger partial charge in [0.25, 0.3) is 0 Å². The quantitative estimate of drug-likeness (QED) is 0.771. The standard InChI is InChI=1S/C18H21BrN2O3S/c1-13-5-4-6-14(2)18(13)20-17(22)12-21(25(3,23)24)11-15-7-9-16(19)10-8-15/h4-10H,11-12H2,1-3H3,(H,20,22). The minimum atomic E-state index is -3.52. The number of sulfonamides is 1. The number of anilines is 1. The fourth-order valence-electron chi connectivity index (χ4n) is 2.43. The van der Waals surface area contributed by atoms with Crippen LogP contribution in [0.25, 0.3) is 0 Å². The van der Waals surface area contributed by atoms with Gasteiger partial charge in [0.1, 0.15) is 0 Å². The fourth-order valence-corrected chi connectivity index (χ4v) is 3.43. The number of nitrogens with zero attached hydrogens (tertiary/aromatic N) is 1. The molecule has 134 valence electrons. The number of halogens is 1. The van der Waals surface area contributed by atoms with Crippen molar-refractivity contribution in [2.75, 3.05) is 18.1 Å². The SMILES string of the molecule is Cc1cccc(C)c1NC(=O)CN(Cc1ccc(Br)cc1)S(C)(=O)=O. The largest absolute Gasteiger partial charge is 0.324 e. The summed E-state index contributed by atoms with van der Waals surface area (Å²) in [6.45, 7) is 3.71. The van der Waals surface area contributed by atoms with Gasteiger partial charge in [0.2, 0.25) is 15.9 Å². The Bertz CT molecular complexity index is 844. The second kappa shape index (κ2) is 8.12. The molecule has 0 heterocycles. The predicted molar refractivity (Wildman–Crippen MR) is 104 cm³/mol. The molecule has 2 aromatic rings. The molecule has 0 saturated heterocycles. The molecule has 2 rings (SSSR count). The minimum Gasteiger partial charge on any atom is -0.324 e. The number of carbonyl (C=O) groups excluding carboxylic acids is 1. The van der Waals surface area contributed by atoms with Crippen LogP contribution in [0.4, 0.5) is 5.69 Å². The molecule has 0 fully saturated rings.